The van der Waals surface area contributed by atoms with Gasteiger partial charge in [-0.05, 0) is 44.9 Å². The SMILES string of the molecule is CCCCC/C=C\C/C=C\C/C=C\CCCCCCCCC(=O)OCC(O)COP(=O)(O)OC1C(O)C(O)C(O)C(O)C1O. The number of esters is 1. The van der Waals surface area contributed by atoms with Crippen LogP contribution in [0.25, 0.3) is 0 Å². The van der Waals surface area contributed by atoms with Crippen LogP contribution in [0.15, 0.2) is 36.5 Å². The number of phosphoric ester groups is 1. The Kier molecular flexibility index (Phi) is 22.0. The minimum atomic E-state index is -4.99. The first-order valence-electron chi connectivity index (χ1n) is 15.8. The first-order chi connectivity index (χ1) is 21.0. The van der Waals surface area contributed by atoms with E-state index in [1.807, 2.05) is 0 Å². The van der Waals surface area contributed by atoms with Gasteiger partial charge >= 0.3 is 13.8 Å². The van der Waals surface area contributed by atoms with Crippen LogP contribution in [-0.4, -0.2) is 97.4 Å². The Labute approximate surface area is 261 Å². The Morgan fingerprint density at radius 3 is 1.75 bits per heavy atom. The van der Waals surface area contributed by atoms with Crippen molar-refractivity contribution < 1.29 is 58.7 Å². The van der Waals surface area contributed by atoms with E-state index in [0.29, 0.717) is 6.42 Å². The van der Waals surface area contributed by atoms with Crippen LogP contribution in [-0.2, 0) is 23.1 Å². The number of phosphoric acid groups is 1. The predicted molar refractivity (Wildman–Crippen MR) is 165 cm³/mol. The Hall–Kier alpha value is -1.44. The molecule has 1 rings (SSSR count). The molecule has 0 aliphatic heterocycles. The summed E-state index contributed by atoms with van der Waals surface area (Å²) < 4.78 is 26.4. The summed E-state index contributed by atoms with van der Waals surface area (Å²) in [4.78, 5) is 21.7. The third-order valence-corrected chi connectivity index (χ3v) is 8.20. The molecule has 6 atom stereocenters. The van der Waals surface area contributed by atoms with Gasteiger partial charge in [-0.1, -0.05) is 81.9 Å². The fourth-order valence-corrected chi connectivity index (χ4v) is 5.50. The van der Waals surface area contributed by atoms with Crippen molar-refractivity contribution in [3.05, 3.63) is 36.5 Å². The third kappa shape index (κ3) is 17.9. The lowest BCUT2D eigenvalue weighted by Gasteiger charge is -2.41. The summed E-state index contributed by atoms with van der Waals surface area (Å²) in [6, 6.07) is 0. The second-order valence-corrected chi connectivity index (χ2v) is 12.6. The zero-order valence-corrected chi connectivity index (χ0v) is 26.8. The number of allylic oxidation sites excluding steroid dienone is 6. The van der Waals surface area contributed by atoms with E-state index in [1.165, 1.54) is 25.7 Å². The molecule has 44 heavy (non-hydrogen) atoms. The maximum absolute atomic E-state index is 12.1. The van der Waals surface area contributed by atoms with Gasteiger partial charge in [0.1, 0.15) is 49.3 Å². The molecule has 0 heterocycles. The van der Waals surface area contributed by atoms with Crippen LogP contribution in [0.3, 0.4) is 0 Å². The van der Waals surface area contributed by atoms with Crippen LogP contribution in [0.5, 0.6) is 0 Å². The molecule has 0 aromatic carbocycles. The van der Waals surface area contributed by atoms with Gasteiger partial charge in [-0.25, -0.2) is 4.57 Å². The van der Waals surface area contributed by atoms with Gasteiger partial charge in [-0.3, -0.25) is 13.8 Å². The molecule has 0 saturated heterocycles. The van der Waals surface area contributed by atoms with Crippen LogP contribution in [0, 0.1) is 0 Å². The highest BCUT2D eigenvalue weighted by Crippen LogP contribution is 2.47. The summed E-state index contributed by atoms with van der Waals surface area (Å²) in [6.07, 6.45) is 14.1. The van der Waals surface area contributed by atoms with Gasteiger partial charge in [-0.15, -0.1) is 0 Å². The highest BCUT2D eigenvalue weighted by molar-refractivity contribution is 7.47. The van der Waals surface area contributed by atoms with Crippen LogP contribution in [0.2, 0.25) is 0 Å². The van der Waals surface area contributed by atoms with E-state index in [-0.39, 0.29) is 6.42 Å². The van der Waals surface area contributed by atoms with Crippen molar-refractivity contribution in [1.29, 1.82) is 0 Å². The number of aliphatic hydroxyl groups excluding tert-OH is 6. The molecule has 0 amide bonds. The quantitative estimate of drug-likeness (QED) is 0.0348. The fraction of sp³-hybridized carbons (Fsp3) is 0.774. The van der Waals surface area contributed by atoms with Crippen molar-refractivity contribution in [2.45, 2.75) is 140 Å². The lowest BCUT2D eigenvalue weighted by molar-refractivity contribution is -0.220. The van der Waals surface area contributed by atoms with E-state index in [1.54, 1.807) is 0 Å². The number of carbonyl (C=O) groups excluding carboxylic acids is 1. The number of hydrogen-bond acceptors (Lipinski definition) is 11. The summed E-state index contributed by atoms with van der Waals surface area (Å²) in [5.74, 6) is -0.523. The highest BCUT2D eigenvalue weighted by atomic mass is 31.2. The van der Waals surface area contributed by atoms with E-state index < -0.39 is 69.7 Å². The number of rotatable bonds is 24. The van der Waals surface area contributed by atoms with Crippen molar-refractivity contribution >= 4 is 13.8 Å². The summed E-state index contributed by atoms with van der Waals surface area (Å²) >= 11 is 0. The molecule has 1 fully saturated rings. The molecule has 0 bridgehead atoms. The Bertz CT molecular complexity index is 879. The van der Waals surface area contributed by atoms with Crippen LogP contribution in [0.1, 0.15) is 96.8 Å². The topological polar surface area (TPSA) is 203 Å². The molecule has 0 spiro atoms. The maximum atomic E-state index is 12.1. The van der Waals surface area contributed by atoms with E-state index in [2.05, 4.69) is 52.4 Å². The normalized spacial score (nSPS) is 26.5. The van der Waals surface area contributed by atoms with Crippen molar-refractivity contribution in [3.63, 3.8) is 0 Å². The summed E-state index contributed by atoms with van der Waals surface area (Å²) in [5, 5.41) is 58.6. The third-order valence-electron chi connectivity index (χ3n) is 7.21. The standard InChI is InChI=1S/C31H55O12P/c1-2-3-4-5-6-7-8-9-10-11-12-13-14-15-16-17-18-19-20-21-25(33)41-22-24(32)23-42-44(39,40)43-31-29(37)27(35)26(34)28(36)30(31)38/h6-7,9-10,12-13,24,26-32,34-38H,2-5,8,11,14-23H2,1H3,(H,39,40)/b7-6-,10-9-,13-12-. The average Bonchev–Trinajstić information content (AvgIpc) is 3.00. The summed E-state index contributed by atoms with van der Waals surface area (Å²) in [6.45, 7) is 0.944. The van der Waals surface area contributed by atoms with Gasteiger partial charge < -0.3 is 40.3 Å². The number of ether oxygens (including phenoxy) is 1. The summed E-state index contributed by atoms with van der Waals surface area (Å²) in [7, 11) is -4.99. The molecule has 0 aromatic heterocycles. The first kappa shape index (κ1) is 40.6. The molecule has 0 aromatic rings. The highest BCUT2D eigenvalue weighted by Gasteiger charge is 2.51. The molecular weight excluding hydrogens is 595 g/mol. The average molecular weight is 651 g/mol. The van der Waals surface area contributed by atoms with Gasteiger partial charge in [-0.2, -0.15) is 0 Å². The fourth-order valence-electron chi connectivity index (χ4n) is 4.52. The van der Waals surface area contributed by atoms with Crippen LogP contribution >= 0.6 is 7.82 Å². The Balaban J connectivity index is 2.05. The molecule has 1 saturated carbocycles. The van der Waals surface area contributed by atoms with Crippen molar-refractivity contribution in [3.8, 4) is 0 Å². The molecule has 13 heteroatoms. The monoisotopic (exact) mass is 650 g/mol. The zero-order chi connectivity index (χ0) is 32.8. The predicted octanol–water partition coefficient (Wildman–Crippen LogP) is 3.36. The smallest absolute Gasteiger partial charge is 0.463 e. The van der Waals surface area contributed by atoms with E-state index >= 15 is 0 Å². The van der Waals surface area contributed by atoms with Gasteiger partial charge in [0.15, 0.2) is 0 Å². The second kappa shape index (κ2) is 23.8. The van der Waals surface area contributed by atoms with Crippen LogP contribution < -0.4 is 0 Å². The molecule has 7 N–H and O–H groups in total. The number of aliphatic hydroxyl groups is 6. The Morgan fingerprint density at radius 2 is 1.18 bits per heavy atom. The maximum Gasteiger partial charge on any atom is 0.472 e. The zero-order valence-electron chi connectivity index (χ0n) is 25.9. The van der Waals surface area contributed by atoms with Gasteiger partial charge in [0.05, 0.1) is 6.61 Å². The van der Waals surface area contributed by atoms with E-state index in [0.717, 1.165) is 51.4 Å². The van der Waals surface area contributed by atoms with Crippen molar-refractivity contribution in [2.75, 3.05) is 13.2 Å². The molecule has 256 valence electrons. The molecule has 1 aliphatic rings. The molecule has 0 radical (unpaired) electrons. The minimum Gasteiger partial charge on any atom is -0.463 e. The number of carbonyl (C=O) groups is 1. The van der Waals surface area contributed by atoms with Crippen molar-refractivity contribution in [2.24, 2.45) is 0 Å². The number of unbranched alkanes of at least 4 members (excludes halogenated alkanes) is 9. The minimum absolute atomic E-state index is 0.175. The van der Waals surface area contributed by atoms with Gasteiger partial charge in [0, 0.05) is 6.42 Å². The van der Waals surface area contributed by atoms with E-state index in [4.69, 9.17) is 4.74 Å². The molecule has 12 nitrogen and oxygen atoms in total. The van der Waals surface area contributed by atoms with Gasteiger partial charge in [0.2, 0.25) is 0 Å². The van der Waals surface area contributed by atoms with E-state index in [9.17, 15) is 44.9 Å². The first-order valence-corrected chi connectivity index (χ1v) is 17.3. The van der Waals surface area contributed by atoms with Gasteiger partial charge in [0.25, 0.3) is 0 Å². The molecule has 6 unspecified atom stereocenters. The second-order valence-electron chi connectivity index (χ2n) is 11.2. The molecule has 1 aliphatic carbocycles. The number of hydrogen-bond donors (Lipinski definition) is 7. The lowest BCUT2D eigenvalue weighted by Crippen LogP contribution is -2.64. The summed E-state index contributed by atoms with van der Waals surface area (Å²) in [5.41, 5.74) is 0. The van der Waals surface area contributed by atoms with Crippen LogP contribution in [0.4, 0.5) is 0 Å². The Morgan fingerprint density at radius 1 is 0.705 bits per heavy atom. The lowest BCUT2D eigenvalue weighted by atomic mass is 9.85. The largest absolute Gasteiger partial charge is 0.472 e. The van der Waals surface area contributed by atoms with Crippen molar-refractivity contribution in [1.82, 2.24) is 0 Å². The molecular formula is C31H55O12P.